The Morgan fingerprint density at radius 2 is 1.21 bits per heavy atom. The zero-order valence-corrected chi connectivity index (χ0v) is 15.6. The lowest BCUT2D eigenvalue weighted by Gasteiger charge is -2.16. The van der Waals surface area contributed by atoms with Crippen molar-refractivity contribution < 1.29 is 19.7 Å². The first-order chi connectivity index (χ1) is 13.6. The predicted octanol–water partition coefficient (Wildman–Crippen LogP) is 5.64. The lowest BCUT2D eigenvalue weighted by atomic mass is 10.1. The second-order valence-electron chi connectivity index (χ2n) is 6.95. The van der Waals surface area contributed by atoms with Gasteiger partial charge in [0.15, 0.2) is 0 Å². The molecule has 1 unspecified atom stereocenters. The Balaban J connectivity index is 1.35. The SMILES string of the molecule is CC(CCOc1ccc2ccc(O)cc2c1)Oc1ccc2ccc(O)cc2c1. The van der Waals surface area contributed by atoms with E-state index >= 15 is 0 Å². The van der Waals surface area contributed by atoms with Crippen LogP contribution in [0.1, 0.15) is 13.3 Å². The van der Waals surface area contributed by atoms with Crippen LogP contribution in [0.4, 0.5) is 0 Å². The Labute approximate surface area is 163 Å². The van der Waals surface area contributed by atoms with Crippen LogP contribution in [-0.2, 0) is 0 Å². The zero-order valence-electron chi connectivity index (χ0n) is 15.6. The molecule has 0 heterocycles. The maximum Gasteiger partial charge on any atom is 0.120 e. The van der Waals surface area contributed by atoms with Gasteiger partial charge in [-0.05, 0) is 77.0 Å². The maximum atomic E-state index is 9.64. The van der Waals surface area contributed by atoms with Gasteiger partial charge in [0.1, 0.15) is 23.0 Å². The molecule has 4 nitrogen and oxygen atoms in total. The summed E-state index contributed by atoms with van der Waals surface area (Å²) in [4.78, 5) is 0. The molecule has 28 heavy (non-hydrogen) atoms. The van der Waals surface area contributed by atoms with Crippen molar-refractivity contribution in [3.05, 3.63) is 72.8 Å². The van der Waals surface area contributed by atoms with Gasteiger partial charge >= 0.3 is 0 Å². The molecule has 0 saturated carbocycles. The number of hydrogen-bond donors (Lipinski definition) is 2. The van der Waals surface area contributed by atoms with E-state index in [4.69, 9.17) is 9.47 Å². The van der Waals surface area contributed by atoms with E-state index in [2.05, 4.69) is 0 Å². The van der Waals surface area contributed by atoms with Crippen LogP contribution in [0.25, 0.3) is 21.5 Å². The summed E-state index contributed by atoms with van der Waals surface area (Å²) in [6, 6.07) is 22.3. The summed E-state index contributed by atoms with van der Waals surface area (Å²) >= 11 is 0. The van der Waals surface area contributed by atoms with Gasteiger partial charge in [-0.3, -0.25) is 0 Å². The van der Waals surface area contributed by atoms with Crippen LogP contribution in [-0.4, -0.2) is 22.9 Å². The number of hydrogen-bond acceptors (Lipinski definition) is 4. The molecule has 4 aromatic rings. The third kappa shape index (κ3) is 4.12. The minimum atomic E-state index is -0.0146. The third-order valence-corrected chi connectivity index (χ3v) is 4.72. The summed E-state index contributed by atoms with van der Waals surface area (Å²) in [5.41, 5.74) is 0. The fourth-order valence-corrected chi connectivity index (χ4v) is 3.22. The first-order valence-electron chi connectivity index (χ1n) is 9.32. The van der Waals surface area contributed by atoms with Gasteiger partial charge in [0, 0.05) is 6.42 Å². The fourth-order valence-electron chi connectivity index (χ4n) is 3.22. The van der Waals surface area contributed by atoms with Gasteiger partial charge in [0.05, 0.1) is 12.7 Å². The Bertz CT molecular complexity index is 1120. The van der Waals surface area contributed by atoms with Crippen LogP contribution in [0, 0.1) is 0 Å². The standard InChI is InChI=1S/C24H22O4/c1-16(28-24-9-5-18-3-7-22(26)13-20(18)15-24)10-11-27-23-8-4-17-2-6-21(25)12-19(17)14-23/h2-9,12-16,25-26H,10-11H2,1H3. The highest BCUT2D eigenvalue weighted by Crippen LogP contribution is 2.26. The Morgan fingerprint density at radius 3 is 1.86 bits per heavy atom. The smallest absolute Gasteiger partial charge is 0.120 e. The summed E-state index contributed by atoms with van der Waals surface area (Å²) in [6.07, 6.45) is 0.718. The molecule has 4 aromatic carbocycles. The van der Waals surface area contributed by atoms with Crippen molar-refractivity contribution >= 4 is 21.5 Å². The summed E-state index contributed by atoms with van der Waals surface area (Å²) < 4.78 is 11.8. The Hall–Kier alpha value is -3.40. The van der Waals surface area contributed by atoms with E-state index < -0.39 is 0 Å². The predicted molar refractivity (Wildman–Crippen MR) is 111 cm³/mol. The highest BCUT2D eigenvalue weighted by molar-refractivity contribution is 5.85. The Kier molecular flexibility index (Phi) is 4.94. The van der Waals surface area contributed by atoms with Crippen molar-refractivity contribution in [2.24, 2.45) is 0 Å². The number of aromatic hydroxyl groups is 2. The lowest BCUT2D eigenvalue weighted by molar-refractivity contribution is 0.177. The first kappa shape index (κ1) is 18.0. The quantitative estimate of drug-likeness (QED) is 0.458. The zero-order chi connectivity index (χ0) is 19.5. The van der Waals surface area contributed by atoms with E-state index in [0.717, 1.165) is 39.5 Å². The molecular weight excluding hydrogens is 352 g/mol. The first-order valence-corrected chi connectivity index (χ1v) is 9.32. The minimum Gasteiger partial charge on any atom is -0.508 e. The molecule has 1 atom stereocenters. The maximum absolute atomic E-state index is 9.64. The van der Waals surface area contributed by atoms with Crippen LogP contribution in [0.15, 0.2) is 72.8 Å². The van der Waals surface area contributed by atoms with Crippen LogP contribution in [0.5, 0.6) is 23.0 Å². The molecule has 4 rings (SSSR count). The van der Waals surface area contributed by atoms with E-state index in [9.17, 15) is 10.2 Å². The number of phenolic OH excluding ortho intramolecular Hbond substituents is 2. The highest BCUT2D eigenvalue weighted by Gasteiger charge is 2.07. The molecule has 4 heteroatoms. The fraction of sp³-hybridized carbons (Fsp3) is 0.167. The number of fused-ring (bicyclic) bond motifs is 2. The average molecular weight is 374 g/mol. The molecule has 0 aliphatic carbocycles. The van der Waals surface area contributed by atoms with E-state index in [-0.39, 0.29) is 17.6 Å². The normalized spacial score (nSPS) is 12.2. The minimum absolute atomic E-state index is 0.0146. The molecule has 2 N–H and O–H groups in total. The number of ether oxygens (including phenoxy) is 2. The summed E-state index contributed by atoms with van der Waals surface area (Å²) in [7, 11) is 0. The van der Waals surface area contributed by atoms with E-state index in [1.54, 1.807) is 24.3 Å². The monoisotopic (exact) mass is 374 g/mol. The number of phenols is 2. The van der Waals surface area contributed by atoms with Crippen molar-refractivity contribution in [3.63, 3.8) is 0 Å². The van der Waals surface area contributed by atoms with Crippen LogP contribution in [0.3, 0.4) is 0 Å². The van der Waals surface area contributed by atoms with Gasteiger partial charge < -0.3 is 19.7 Å². The van der Waals surface area contributed by atoms with Gasteiger partial charge in [0.25, 0.3) is 0 Å². The molecule has 0 spiro atoms. The molecule has 0 amide bonds. The summed E-state index contributed by atoms with van der Waals surface area (Å²) in [5.74, 6) is 2.03. The van der Waals surface area contributed by atoms with E-state index in [0.29, 0.717) is 6.61 Å². The Morgan fingerprint density at radius 1 is 0.679 bits per heavy atom. The second kappa shape index (κ2) is 7.69. The van der Waals surface area contributed by atoms with Crippen molar-refractivity contribution in [2.45, 2.75) is 19.4 Å². The van der Waals surface area contributed by atoms with Crippen LogP contribution in [0.2, 0.25) is 0 Å². The van der Waals surface area contributed by atoms with Gasteiger partial charge in [-0.15, -0.1) is 0 Å². The van der Waals surface area contributed by atoms with Gasteiger partial charge in [-0.25, -0.2) is 0 Å². The molecule has 0 aliphatic heterocycles. The average Bonchev–Trinajstić information content (AvgIpc) is 2.67. The third-order valence-electron chi connectivity index (χ3n) is 4.72. The van der Waals surface area contributed by atoms with Gasteiger partial charge in [-0.1, -0.05) is 24.3 Å². The van der Waals surface area contributed by atoms with Crippen molar-refractivity contribution in [1.82, 2.24) is 0 Å². The van der Waals surface area contributed by atoms with E-state index in [1.165, 1.54) is 0 Å². The van der Waals surface area contributed by atoms with Gasteiger partial charge in [-0.2, -0.15) is 0 Å². The molecule has 0 fully saturated rings. The van der Waals surface area contributed by atoms with Crippen molar-refractivity contribution in [3.8, 4) is 23.0 Å². The summed E-state index contributed by atoms with van der Waals surface area (Å²) in [6.45, 7) is 2.54. The van der Waals surface area contributed by atoms with E-state index in [1.807, 2.05) is 55.5 Å². The molecule has 0 saturated heterocycles. The second-order valence-corrected chi connectivity index (χ2v) is 6.95. The number of benzene rings is 4. The van der Waals surface area contributed by atoms with Crippen molar-refractivity contribution in [1.29, 1.82) is 0 Å². The molecule has 0 radical (unpaired) electrons. The highest BCUT2D eigenvalue weighted by atomic mass is 16.5. The summed E-state index contributed by atoms with van der Waals surface area (Å²) in [5, 5.41) is 23.3. The largest absolute Gasteiger partial charge is 0.508 e. The molecular formula is C24H22O4. The lowest BCUT2D eigenvalue weighted by Crippen LogP contribution is -2.15. The molecule has 0 aliphatic rings. The molecule has 0 aromatic heterocycles. The molecule has 142 valence electrons. The van der Waals surface area contributed by atoms with Crippen LogP contribution >= 0.6 is 0 Å². The van der Waals surface area contributed by atoms with Crippen LogP contribution < -0.4 is 9.47 Å². The van der Waals surface area contributed by atoms with Gasteiger partial charge in [0.2, 0.25) is 0 Å². The van der Waals surface area contributed by atoms with Crippen molar-refractivity contribution in [2.75, 3.05) is 6.61 Å². The topological polar surface area (TPSA) is 58.9 Å². The number of rotatable bonds is 6. The molecule has 0 bridgehead atoms.